The Morgan fingerprint density at radius 2 is 2.08 bits per heavy atom. The molecule has 0 bridgehead atoms. The van der Waals surface area contributed by atoms with Gasteiger partial charge in [-0.3, -0.25) is 0 Å². The van der Waals surface area contributed by atoms with Gasteiger partial charge in [0.1, 0.15) is 0 Å². The maximum atomic E-state index is 5.27. The Kier molecular flexibility index (Phi) is 3.80. The average molecular weight is 168 g/mol. The molecule has 1 rings (SSSR count). The predicted molar refractivity (Wildman–Crippen MR) is 52.3 cm³/mol. The van der Waals surface area contributed by atoms with Gasteiger partial charge in [0.15, 0.2) is 0 Å². The molecule has 1 heterocycles. The fourth-order valence-electron chi connectivity index (χ4n) is 1.20. The highest BCUT2D eigenvalue weighted by atomic mass is 16.6. The first kappa shape index (κ1) is 9.79. The van der Waals surface area contributed by atoms with Gasteiger partial charge >= 0.3 is 0 Å². The summed E-state index contributed by atoms with van der Waals surface area (Å²) in [7, 11) is 0. The number of unbranched alkanes of at least 4 members (excludes halogenated alkanes) is 3. The van der Waals surface area contributed by atoms with Gasteiger partial charge in [-0.15, -0.1) is 0 Å². The minimum atomic E-state index is 0.210. The largest absolute Gasteiger partial charge is 0.370 e. The highest BCUT2D eigenvalue weighted by molar-refractivity contribution is 4.96. The van der Waals surface area contributed by atoms with E-state index in [9.17, 15) is 0 Å². The van der Waals surface area contributed by atoms with E-state index < -0.39 is 0 Å². The van der Waals surface area contributed by atoms with Crippen molar-refractivity contribution in [2.45, 2.75) is 51.6 Å². The van der Waals surface area contributed by atoms with E-state index in [1.807, 2.05) is 0 Å². The third-order valence-corrected chi connectivity index (χ3v) is 2.33. The molecule has 0 N–H and O–H groups in total. The Bertz CT molecular complexity index is 145. The van der Waals surface area contributed by atoms with Gasteiger partial charge in [-0.05, 0) is 26.2 Å². The monoisotopic (exact) mass is 168 g/mol. The van der Waals surface area contributed by atoms with Gasteiger partial charge in [-0.25, -0.2) is 0 Å². The molecule has 1 nitrogen and oxygen atoms in total. The van der Waals surface area contributed by atoms with Crippen LogP contribution in [0.3, 0.4) is 0 Å². The Morgan fingerprint density at radius 1 is 1.33 bits per heavy atom. The van der Waals surface area contributed by atoms with Crippen molar-refractivity contribution in [3.8, 4) is 0 Å². The number of epoxide rings is 1. The summed E-state index contributed by atoms with van der Waals surface area (Å²) in [6.45, 7) is 5.36. The maximum absolute atomic E-state index is 5.27. The maximum Gasteiger partial charge on any atom is 0.0922 e. The molecule has 0 radical (unpaired) electrons. The van der Waals surface area contributed by atoms with Crippen molar-refractivity contribution >= 4 is 0 Å². The van der Waals surface area contributed by atoms with Crippen LogP contribution in [0.5, 0.6) is 0 Å². The minimum absolute atomic E-state index is 0.210. The van der Waals surface area contributed by atoms with Crippen molar-refractivity contribution < 1.29 is 4.74 Å². The summed E-state index contributed by atoms with van der Waals surface area (Å²) >= 11 is 0. The molecule has 0 unspecified atom stereocenters. The van der Waals surface area contributed by atoms with Crippen LogP contribution in [0.25, 0.3) is 0 Å². The third-order valence-electron chi connectivity index (χ3n) is 2.33. The van der Waals surface area contributed by atoms with Gasteiger partial charge < -0.3 is 4.74 Å². The number of allylic oxidation sites excluding steroid dienone is 1. The van der Waals surface area contributed by atoms with Crippen LogP contribution in [0.4, 0.5) is 0 Å². The number of hydrogen-bond acceptors (Lipinski definition) is 1. The zero-order valence-electron chi connectivity index (χ0n) is 8.31. The van der Waals surface area contributed by atoms with Gasteiger partial charge in [-0.2, -0.15) is 0 Å². The zero-order valence-corrected chi connectivity index (χ0v) is 8.31. The summed E-state index contributed by atoms with van der Waals surface area (Å²) in [5.41, 5.74) is 0.210. The average Bonchev–Trinajstić information content (AvgIpc) is 2.77. The molecular formula is C11H20O. The first-order valence-corrected chi connectivity index (χ1v) is 5.06. The quantitative estimate of drug-likeness (QED) is 0.337. The number of rotatable bonds is 6. The van der Waals surface area contributed by atoms with Gasteiger partial charge in [-0.1, -0.05) is 31.9 Å². The molecule has 1 atom stereocenters. The zero-order chi connectivity index (χ0) is 8.86. The second kappa shape index (κ2) is 4.66. The van der Waals surface area contributed by atoms with Crippen molar-refractivity contribution in [1.29, 1.82) is 0 Å². The minimum Gasteiger partial charge on any atom is -0.370 e. The van der Waals surface area contributed by atoms with Crippen molar-refractivity contribution in [3.05, 3.63) is 12.2 Å². The van der Waals surface area contributed by atoms with E-state index in [1.54, 1.807) is 0 Å². The van der Waals surface area contributed by atoms with Gasteiger partial charge in [0.25, 0.3) is 0 Å². The molecule has 0 aliphatic carbocycles. The smallest absolute Gasteiger partial charge is 0.0922 e. The van der Waals surface area contributed by atoms with Gasteiger partial charge in [0, 0.05) is 0 Å². The molecule has 0 aromatic heterocycles. The normalized spacial score (nSPS) is 28.2. The second-order valence-electron chi connectivity index (χ2n) is 3.91. The summed E-state index contributed by atoms with van der Waals surface area (Å²) in [4.78, 5) is 0. The van der Waals surface area contributed by atoms with E-state index in [0.29, 0.717) is 0 Å². The molecule has 0 amide bonds. The van der Waals surface area contributed by atoms with Crippen LogP contribution in [0, 0.1) is 0 Å². The van der Waals surface area contributed by atoms with E-state index in [-0.39, 0.29) is 5.60 Å². The second-order valence-corrected chi connectivity index (χ2v) is 3.91. The van der Waals surface area contributed by atoms with E-state index >= 15 is 0 Å². The lowest BCUT2D eigenvalue weighted by Crippen LogP contribution is -2.00. The molecule has 0 spiro atoms. The fraction of sp³-hybridized carbons (Fsp3) is 0.818. The first-order valence-electron chi connectivity index (χ1n) is 5.06. The molecule has 1 saturated heterocycles. The molecular weight excluding hydrogens is 148 g/mol. The lowest BCUT2D eigenvalue weighted by molar-refractivity contribution is 0.325. The van der Waals surface area contributed by atoms with Crippen LogP contribution < -0.4 is 0 Å². The summed E-state index contributed by atoms with van der Waals surface area (Å²) in [6, 6.07) is 0. The Morgan fingerprint density at radius 3 is 2.67 bits per heavy atom. The van der Waals surface area contributed by atoms with Gasteiger partial charge in [0.2, 0.25) is 0 Å². The third kappa shape index (κ3) is 3.91. The van der Waals surface area contributed by atoms with Crippen LogP contribution in [-0.2, 0) is 4.74 Å². The number of hydrogen-bond donors (Lipinski definition) is 0. The van der Waals surface area contributed by atoms with Crippen LogP contribution in [0.15, 0.2) is 12.2 Å². The van der Waals surface area contributed by atoms with Crippen molar-refractivity contribution in [1.82, 2.24) is 0 Å². The van der Waals surface area contributed by atoms with E-state index in [2.05, 4.69) is 26.0 Å². The molecule has 12 heavy (non-hydrogen) atoms. The molecule has 1 fully saturated rings. The van der Waals surface area contributed by atoms with Crippen molar-refractivity contribution in [2.24, 2.45) is 0 Å². The van der Waals surface area contributed by atoms with Crippen LogP contribution >= 0.6 is 0 Å². The van der Waals surface area contributed by atoms with Crippen LogP contribution in [-0.4, -0.2) is 12.2 Å². The standard InChI is InChI=1S/C11H20O/c1-3-4-5-6-7-8-9-11(2)10-12-11/h7-8H,3-6,9-10H2,1-2H3/b8-7-/t11-/m1/s1. The molecule has 1 aliphatic heterocycles. The van der Waals surface area contributed by atoms with Crippen LogP contribution in [0.2, 0.25) is 0 Å². The molecule has 1 heteroatoms. The Balaban J connectivity index is 1.91. The summed E-state index contributed by atoms with van der Waals surface area (Å²) in [5.74, 6) is 0. The highest BCUT2D eigenvalue weighted by Crippen LogP contribution is 2.30. The lowest BCUT2D eigenvalue weighted by Gasteiger charge is -1.97. The topological polar surface area (TPSA) is 12.5 Å². The Labute approximate surface area is 75.8 Å². The number of ether oxygens (including phenoxy) is 1. The van der Waals surface area contributed by atoms with Crippen molar-refractivity contribution in [2.75, 3.05) is 6.61 Å². The molecule has 0 aromatic rings. The van der Waals surface area contributed by atoms with E-state index in [4.69, 9.17) is 4.74 Å². The Hall–Kier alpha value is -0.300. The predicted octanol–water partition coefficient (Wildman–Crippen LogP) is 3.30. The van der Waals surface area contributed by atoms with E-state index in [0.717, 1.165) is 13.0 Å². The molecule has 70 valence electrons. The SMILES string of the molecule is CCCCC/C=C\C[C@]1(C)CO1. The summed E-state index contributed by atoms with van der Waals surface area (Å²) in [6.07, 6.45) is 10.9. The lowest BCUT2D eigenvalue weighted by atomic mass is 10.1. The molecule has 0 aromatic carbocycles. The van der Waals surface area contributed by atoms with Crippen molar-refractivity contribution in [3.63, 3.8) is 0 Å². The fourth-order valence-corrected chi connectivity index (χ4v) is 1.20. The van der Waals surface area contributed by atoms with Crippen LogP contribution in [0.1, 0.15) is 46.0 Å². The summed E-state index contributed by atoms with van der Waals surface area (Å²) < 4.78 is 5.27. The first-order chi connectivity index (χ1) is 5.77. The van der Waals surface area contributed by atoms with Gasteiger partial charge in [0.05, 0.1) is 12.2 Å². The molecule has 1 aliphatic rings. The molecule has 0 saturated carbocycles. The highest BCUT2D eigenvalue weighted by Gasteiger charge is 2.37. The summed E-state index contributed by atoms with van der Waals surface area (Å²) in [5, 5.41) is 0. The van der Waals surface area contributed by atoms with E-state index in [1.165, 1.54) is 25.7 Å².